The van der Waals surface area contributed by atoms with Crippen LogP contribution in [0, 0.1) is 11.3 Å². The van der Waals surface area contributed by atoms with Gasteiger partial charge in [0.15, 0.2) is 0 Å². The topological polar surface area (TPSA) is 93.4 Å². The summed E-state index contributed by atoms with van der Waals surface area (Å²) in [6, 6.07) is 19.2. The number of aromatic carboxylic acids is 1. The predicted octanol–water partition coefficient (Wildman–Crippen LogP) is 4.35. The third kappa shape index (κ3) is 4.73. The summed E-state index contributed by atoms with van der Waals surface area (Å²) in [6.07, 6.45) is 0.301. The van der Waals surface area contributed by atoms with E-state index in [4.69, 9.17) is 10.4 Å². The molecule has 0 spiro atoms. The number of nitriles is 1. The predicted molar refractivity (Wildman–Crippen MR) is 106 cm³/mol. The van der Waals surface area contributed by atoms with Gasteiger partial charge >= 0.3 is 5.97 Å². The molecule has 27 heavy (non-hydrogen) atoms. The van der Waals surface area contributed by atoms with Crippen LogP contribution in [-0.2, 0) is 6.42 Å². The van der Waals surface area contributed by atoms with Crippen LogP contribution in [0.5, 0.6) is 0 Å². The Hall–Kier alpha value is -3.14. The summed E-state index contributed by atoms with van der Waals surface area (Å²) in [5.74, 6) is -1.00. The minimum atomic E-state index is -1.00. The molecule has 0 aliphatic rings. The first-order valence-corrected chi connectivity index (χ1v) is 9.29. The van der Waals surface area contributed by atoms with Gasteiger partial charge in [0.05, 0.1) is 17.3 Å². The van der Waals surface area contributed by atoms with Crippen molar-refractivity contribution >= 4 is 23.0 Å². The van der Waals surface area contributed by atoms with Crippen molar-refractivity contribution < 1.29 is 15.0 Å². The molecule has 136 valence electrons. The fraction of sp³-hybridized carbons (Fsp3) is 0.143. The Kier molecular flexibility index (Phi) is 5.87. The molecule has 1 atom stereocenters. The largest absolute Gasteiger partial charge is 0.477 e. The molecule has 1 aromatic heterocycles. The van der Waals surface area contributed by atoms with Crippen LogP contribution in [0.1, 0.15) is 27.2 Å². The van der Waals surface area contributed by atoms with Crippen molar-refractivity contribution in [1.82, 2.24) is 0 Å². The summed E-state index contributed by atoms with van der Waals surface area (Å²) < 4.78 is 0. The zero-order chi connectivity index (χ0) is 19.2. The van der Waals surface area contributed by atoms with Gasteiger partial charge < -0.3 is 15.5 Å². The number of thiophene rings is 1. The Bertz CT molecular complexity index is 956. The summed E-state index contributed by atoms with van der Waals surface area (Å²) in [4.78, 5) is 11.3. The van der Waals surface area contributed by atoms with Crippen molar-refractivity contribution in [2.45, 2.75) is 19.1 Å². The second-order valence-corrected chi connectivity index (χ2v) is 6.97. The van der Waals surface area contributed by atoms with Crippen LogP contribution in [-0.4, -0.2) is 22.4 Å². The van der Waals surface area contributed by atoms with Crippen molar-refractivity contribution in [2.24, 2.45) is 0 Å². The van der Waals surface area contributed by atoms with Gasteiger partial charge in [-0.2, -0.15) is 5.26 Å². The monoisotopic (exact) mass is 378 g/mol. The number of rotatable bonds is 7. The molecule has 0 fully saturated rings. The smallest absolute Gasteiger partial charge is 0.348 e. The van der Waals surface area contributed by atoms with Crippen molar-refractivity contribution in [3.05, 3.63) is 76.0 Å². The number of hydrogen-bond donors (Lipinski definition) is 3. The number of carbonyl (C=O) groups is 1. The van der Waals surface area contributed by atoms with E-state index < -0.39 is 12.2 Å². The fourth-order valence-corrected chi connectivity index (χ4v) is 3.44. The van der Waals surface area contributed by atoms with E-state index in [1.807, 2.05) is 36.4 Å². The number of aliphatic hydroxyl groups excluding tert-OH is 1. The van der Waals surface area contributed by atoms with Gasteiger partial charge in [0.2, 0.25) is 0 Å². The number of aryl methyl sites for hydroxylation is 1. The number of hydrogen-bond acceptors (Lipinski definition) is 5. The Morgan fingerprint density at radius 3 is 2.30 bits per heavy atom. The standard InChI is InChI=1S/C21H18N2O3S/c22-13-15-3-8-17(9-4-15)16-6-1-14(2-7-16)5-10-19(24)23-18-11-12-27-20(18)21(25)26/h1-4,6-9,11-12,19,23-24H,5,10H2,(H,25,26). The number of anilines is 1. The van der Waals surface area contributed by atoms with E-state index >= 15 is 0 Å². The third-order valence-electron chi connectivity index (χ3n) is 4.19. The molecule has 6 heteroatoms. The van der Waals surface area contributed by atoms with Crippen molar-refractivity contribution in [2.75, 3.05) is 5.32 Å². The minimum Gasteiger partial charge on any atom is -0.477 e. The van der Waals surface area contributed by atoms with E-state index in [0.717, 1.165) is 28.0 Å². The highest BCUT2D eigenvalue weighted by Gasteiger charge is 2.14. The molecule has 3 rings (SSSR count). The summed E-state index contributed by atoms with van der Waals surface area (Å²) >= 11 is 1.12. The highest BCUT2D eigenvalue weighted by atomic mass is 32.1. The zero-order valence-electron chi connectivity index (χ0n) is 14.4. The molecule has 0 saturated heterocycles. The molecule has 0 radical (unpaired) electrons. The number of nitrogens with one attached hydrogen (secondary N) is 1. The molecule has 5 nitrogen and oxygen atoms in total. The van der Waals surface area contributed by atoms with Crippen LogP contribution in [0.15, 0.2) is 60.0 Å². The Morgan fingerprint density at radius 2 is 1.70 bits per heavy atom. The van der Waals surface area contributed by atoms with Gasteiger partial charge in [-0.3, -0.25) is 0 Å². The van der Waals surface area contributed by atoms with Crippen molar-refractivity contribution in [3.8, 4) is 17.2 Å². The van der Waals surface area contributed by atoms with Crippen LogP contribution < -0.4 is 5.32 Å². The molecule has 0 bridgehead atoms. The number of carboxylic acid groups (broad SMARTS) is 1. The summed E-state index contributed by atoms with van der Waals surface area (Å²) in [5.41, 5.74) is 4.26. The van der Waals surface area contributed by atoms with Crippen molar-refractivity contribution in [3.63, 3.8) is 0 Å². The zero-order valence-corrected chi connectivity index (χ0v) is 15.2. The normalized spacial score (nSPS) is 11.6. The average Bonchev–Trinajstić information content (AvgIpc) is 3.15. The van der Waals surface area contributed by atoms with Gasteiger partial charge in [0, 0.05) is 0 Å². The quantitative estimate of drug-likeness (QED) is 0.532. The maximum Gasteiger partial charge on any atom is 0.348 e. The molecular weight excluding hydrogens is 360 g/mol. The third-order valence-corrected chi connectivity index (χ3v) is 5.09. The van der Waals surface area contributed by atoms with Gasteiger partial charge in [-0.05, 0) is 53.1 Å². The highest BCUT2D eigenvalue weighted by Crippen LogP contribution is 2.24. The maximum atomic E-state index is 11.1. The van der Waals surface area contributed by atoms with E-state index in [1.165, 1.54) is 0 Å². The van der Waals surface area contributed by atoms with E-state index in [2.05, 4.69) is 11.4 Å². The van der Waals surface area contributed by atoms with Crippen LogP contribution in [0.3, 0.4) is 0 Å². The summed E-state index contributed by atoms with van der Waals surface area (Å²) in [7, 11) is 0. The van der Waals surface area contributed by atoms with Crippen LogP contribution >= 0.6 is 11.3 Å². The van der Waals surface area contributed by atoms with E-state index in [9.17, 15) is 9.90 Å². The lowest BCUT2D eigenvalue weighted by Gasteiger charge is -2.14. The Balaban J connectivity index is 1.57. The van der Waals surface area contributed by atoms with Gasteiger partial charge in [0.25, 0.3) is 0 Å². The first kappa shape index (κ1) is 18.6. The van der Waals surface area contributed by atoms with E-state index in [-0.39, 0.29) is 4.88 Å². The molecule has 0 amide bonds. The number of nitrogens with zero attached hydrogens (tertiary/aromatic N) is 1. The SMILES string of the molecule is N#Cc1ccc(-c2ccc(CCC(O)Nc3ccsc3C(=O)O)cc2)cc1. The van der Waals surface area contributed by atoms with Crippen LogP contribution in [0.4, 0.5) is 5.69 Å². The van der Waals surface area contributed by atoms with Crippen LogP contribution in [0.25, 0.3) is 11.1 Å². The molecule has 1 unspecified atom stereocenters. The highest BCUT2D eigenvalue weighted by molar-refractivity contribution is 7.12. The molecule has 2 aromatic carbocycles. The molecule has 1 heterocycles. The van der Waals surface area contributed by atoms with E-state index in [1.54, 1.807) is 23.6 Å². The average molecular weight is 378 g/mol. The Labute approximate surface area is 161 Å². The molecule has 0 aliphatic carbocycles. The first-order chi connectivity index (χ1) is 13.1. The molecule has 3 N–H and O–H groups in total. The second-order valence-electron chi connectivity index (χ2n) is 6.05. The Morgan fingerprint density at radius 1 is 1.07 bits per heavy atom. The minimum absolute atomic E-state index is 0.195. The maximum absolute atomic E-state index is 11.1. The summed E-state index contributed by atoms with van der Waals surface area (Å²) in [5, 5.41) is 32.6. The van der Waals surface area contributed by atoms with Gasteiger partial charge in [-0.25, -0.2) is 4.79 Å². The number of benzene rings is 2. The van der Waals surface area contributed by atoms with Gasteiger partial charge in [-0.1, -0.05) is 36.4 Å². The van der Waals surface area contributed by atoms with Crippen molar-refractivity contribution in [1.29, 1.82) is 5.26 Å². The first-order valence-electron chi connectivity index (χ1n) is 8.41. The van der Waals surface area contributed by atoms with Gasteiger partial charge in [-0.15, -0.1) is 11.3 Å². The molecule has 0 aliphatic heterocycles. The lowest BCUT2D eigenvalue weighted by atomic mass is 10.0. The number of aliphatic hydroxyl groups is 1. The van der Waals surface area contributed by atoms with Crippen LogP contribution in [0.2, 0.25) is 0 Å². The fourth-order valence-electron chi connectivity index (χ4n) is 2.74. The lowest BCUT2D eigenvalue weighted by molar-refractivity contribution is 0.0703. The second kappa shape index (κ2) is 8.49. The lowest BCUT2D eigenvalue weighted by Crippen LogP contribution is -2.20. The van der Waals surface area contributed by atoms with Gasteiger partial charge in [0.1, 0.15) is 11.1 Å². The molecular formula is C21H18N2O3S. The van der Waals surface area contributed by atoms with E-state index in [0.29, 0.717) is 24.1 Å². The number of carboxylic acids is 1. The summed E-state index contributed by atoms with van der Waals surface area (Å²) in [6.45, 7) is 0. The molecule has 3 aromatic rings. The molecule has 0 saturated carbocycles.